The molecule has 2 rings (SSSR count). The van der Waals surface area contributed by atoms with Crippen LogP contribution in [0.4, 0.5) is 0 Å². The Balaban J connectivity index is 2.40. The van der Waals surface area contributed by atoms with Gasteiger partial charge in [-0.3, -0.25) is 0 Å². The van der Waals surface area contributed by atoms with Crippen molar-refractivity contribution in [2.75, 3.05) is 0 Å². The zero-order chi connectivity index (χ0) is 14.7. The van der Waals surface area contributed by atoms with Gasteiger partial charge in [-0.05, 0) is 37.6 Å². The normalized spacial score (nSPS) is 12.5. The maximum Gasteiger partial charge on any atom is 0.124 e. The topological polar surface area (TPSA) is 35.2 Å². The summed E-state index contributed by atoms with van der Waals surface area (Å²) < 4.78 is 7.85. The molecule has 2 aromatic rings. The molecule has 0 saturated heterocycles. The molecule has 4 heteroatoms. The Labute approximate surface area is 136 Å². The summed E-state index contributed by atoms with van der Waals surface area (Å²) in [5.41, 5.74) is 8.44. The van der Waals surface area contributed by atoms with Gasteiger partial charge in [-0.15, -0.1) is 0 Å². The molecule has 0 radical (unpaired) electrons. The molecule has 0 amide bonds. The Morgan fingerprint density at radius 2 is 1.70 bits per heavy atom. The van der Waals surface area contributed by atoms with E-state index in [0.29, 0.717) is 0 Å². The van der Waals surface area contributed by atoms with Crippen molar-refractivity contribution in [3.05, 3.63) is 62.5 Å². The predicted molar refractivity (Wildman–Crippen MR) is 90.1 cm³/mol. The van der Waals surface area contributed by atoms with Crippen LogP contribution >= 0.6 is 31.9 Å². The lowest BCUT2D eigenvalue weighted by atomic mass is 9.99. The van der Waals surface area contributed by atoms with Crippen molar-refractivity contribution < 1.29 is 4.74 Å². The van der Waals surface area contributed by atoms with Crippen LogP contribution in [-0.4, -0.2) is 6.10 Å². The third-order valence-electron chi connectivity index (χ3n) is 2.91. The second-order valence-corrected chi connectivity index (χ2v) is 6.62. The summed E-state index contributed by atoms with van der Waals surface area (Å²) in [6.07, 6.45) is 0.122. The molecule has 0 saturated carbocycles. The van der Waals surface area contributed by atoms with Crippen LogP contribution in [0.1, 0.15) is 31.0 Å². The van der Waals surface area contributed by atoms with E-state index in [9.17, 15) is 0 Å². The molecular formula is C16H17Br2NO. The molecule has 2 aromatic carbocycles. The van der Waals surface area contributed by atoms with E-state index in [1.54, 1.807) is 0 Å². The van der Waals surface area contributed by atoms with Crippen LogP contribution in [0.5, 0.6) is 5.75 Å². The van der Waals surface area contributed by atoms with Crippen molar-refractivity contribution in [2.45, 2.75) is 26.0 Å². The average molecular weight is 399 g/mol. The van der Waals surface area contributed by atoms with Crippen LogP contribution in [-0.2, 0) is 0 Å². The number of hydrogen-bond donors (Lipinski definition) is 1. The van der Waals surface area contributed by atoms with Gasteiger partial charge in [0.05, 0.1) is 12.1 Å². The SMILES string of the molecule is CC(C)Oc1ccccc1C(N)c1ccc(Br)cc1Br. The van der Waals surface area contributed by atoms with E-state index < -0.39 is 0 Å². The molecule has 106 valence electrons. The summed E-state index contributed by atoms with van der Waals surface area (Å²) in [6.45, 7) is 4.02. The Bertz CT molecular complexity index is 599. The van der Waals surface area contributed by atoms with Gasteiger partial charge in [0, 0.05) is 14.5 Å². The van der Waals surface area contributed by atoms with Gasteiger partial charge in [0.1, 0.15) is 5.75 Å². The van der Waals surface area contributed by atoms with Crippen molar-refractivity contribution in [1.29, 1.82) is 0 Å². The summed E-state index contributed by atoms with van der Waals surface area (Å²) in [5.74, 6) is 0.838. The number of para-hydroxylation sites is 1. The quantitative estimate of drug-likeness (QED) is 0.782. The van der Waals surface area contributed by atoms with E-state index in [4.69, 9.17) is 10.5 Å². The van der Waals surface area contributed by atoms with Gasteiger partial charge in [0.25, 0.3) is 0 Å². The molecule has 1 unspecified atom stereocenters. The first kappa shape index (κ1) is 15.5. The number of ether oxygens (including phenoxy) is 1. The number of halogens is 2. The van der Waals surface area contributed by atoms with E-state index in [2.05, 4.69) is 31.9 Å². The number of hydrogen-bond acceptors (Lipinski definition) is 2. The van der Waals surface area contributed by atoms with Crippen molar-refractivity contribution in [3.63, 3.8) is 0 Å². The molecule has 0 bridgehead atoms. The highest BCUT2D eigenvalue weighted by Gasteiger charge is 2.17. The molecule has 0 aliphatic rings. The standard InChI is InChI=1S/C16H17Br2NO/c1-10(2)20-15-6-4-3-5-13(15)16(19)12-8-7-11(17)9-14(12)18/h3-10,16H,19H2,1-2H3. The third-order valence-corrected chi connectivity index (χ3v) is 4.09. The van der Waals surface area contributed by atoms with Crippen molar-refractivity contribution in [3.8, 4) is 5.75 Å². The summed E-state index contributed by atoms with van der Waals surface area (Å²) >= 11 is 7.02. The smallest absolute Gasteiger partial charge is 0.124 e. The Morgan fingerprint density at radius 1 is 1.00 bits per heavy atom. The van der Waals surface area contributed by atoms with E-state index >= 15 is 0 Å². The first-order chi connectivity index (χ1) is 9.49. The van der Waals surface area contributed by atoms with Crippen LogP contribution in [0.25, 0.3) is 0 Å². The highest BCUT2D eigenvalue weighted by Crippen LogP contribution is 2.33. The van der Waals surface area contributed by atoms with Crippen molar-refractivity contribution in [1.82, 2.24) is 0 Å². The van der Waals surface area contributed by atoms with Gasteiger partial charge in [-0.1, -0.05) is 56.1 Å². The summed E-state index contributed by atoms with van der Waals surface area (Å²) in [7, 11) is 0. The highest BCUT2D eigenvalue weighted by molar-refractivity contribution is 9.11. The van der Waals surface area contributed by atoms with Crippen LogP contribution in [0.3, 0.4) is 0 Å². The summed E-state index contributed by atoms with van der Waals surface area (Å²) in [6, 6.07) is 13.7. The molecule has 2 nitrogen and oxygen atoms in total. The monoisotopic (exact) mass is 397 g/mol. The minimum atomic E-state index is -0.229. The Morgan fingerprint density at radius 3 is 2.35 bits per heavy atom. The third kappa shape index (κ3) is 3.62. The lowest BCUT2D eigenvalue weighted by Gasteiger charge is -2.20. The Kier molecular flexibility index (Phi) is 5.24. The molecule has 2 N–H and O–H groups in total. The average Bonchev–Trinajstić information content (AvgIpc) is 2.38. The largest absolute Gasteiger partial charge is 0.491 e. The van der Waals surface area contributed by atoms with E-state index in [1.165, 1.54) is 0 Å². The minimum absolute atomic E-state index is 0.122. The second kappa shape index (κ2) is 6.74. The van der Waals surface area contributed by atoms with Gasteiger partial charge in [0.2, 0.25) is 0 Å². The maximum absolute atomic E-state index is 6.42. The molecule has 20 heavy (non-hydrogen) atoms. The van der Waals surface area contributed by atoms with E-state index in [-0.39, 0.29) is 12.1 Å². The van der Waals surface area contributed by atoms with Gasteiger partial charge < -0.3 is 10.5 Å². The fourth-order valence-corrected chi connectivity index (χ4v) is 3.31. The second-order valence-electron chi connectivity index (χ2n) is 4.85. The van der Waals surface area contributed by atoms with Gasteiger partial charge in [-0.25, -0.2) is 0 Å². The zero-order valence-electron chi connectivity index (χ0n) is 11.4. The molecule has 0 spiro atoms. The van der Waals surface area contributed by atoms with Crippen LogP contribution < -0.4 is 10.5 Å². The first-order valence-electron chi connectivity index (χ1n) is 6.45. The fraction of sp³-hybridized carbons (Fsp3) is 0.250. The molecule has 0 aliphatic heterocycles. The van der Waals surface area contributed by atoms with Gasteiger partial charge >= 0.3 is 0 Å². The lowest BCUT2D eigenvalue weighted by molar-refractivity contribution is 0.239. The molecule has 0 fully saturated rings. The van der Waals surface area contributed by atoms with E-state index in [0.717, 1.165) is 25.8 Å². The molecular weight excluding hydrogens is 382 g/mol. The van der Waals surface area contributed by atoms with Crippen molar-refractivity contribution in [2.24, 2.45) is 5.73 Å². The highest BCUT2D eigenvalue weighted by atomic mass is 79.9. The first-order valence-corrected chi connectivity index (χ1v) is 8.03. The molecule has 0 heterocycles. The van der Waals surface area contributed by atoms with Crippen molar-refractivity contribution >= 4 is 31.9 Å². The predicted octanol–water partition coefficient (Wildman–Crippen LogP) is 5.05. The van der Waals surface area contributed by atoms with Crippen LogP contribution in [0.2, 0.25) is 0 Å². The molecule has 0 aromatic heterocycles. The Hall–Kier alpha value is -0.840. The fourth-order valence-electron chi connectivity index (χ4n) is 2.02. The zero-order valence-corrected chi connectivity index (χ0v) is 14.6. The van der Waals surface area contributed by atoms with Crippen LogP contribution in [0, 0.1) is 0 Å². The number of nitrogens with two attached hydrogens (primary N) is 1. The number of rotatable bonds is 4. The van der Waals surface area contributed by atoms with Gasteiger partial charge in [0.15, 0.2) is 0 Å². The van der Waals surface area contributed by atoms with Crippen LogP contribution in [0.15, 0.2) is 51.4 Å². The van der Waals surface area contributed by atoms with Gasteiger partial charge in [-0.2, -0.15) is 0 Å². The lowest BCUT2D eigenvalue weighted by Crippen LogP contribution is -2.16. The summed E-state index contributed by atoms with van der Waals surface area (Å²) in [5, 5.41) is 0. The molecule has 0 aliphatic carbocycles. The number of benzene rings is 2. The molecule has 1 atom stereocenters. The maximum atomic E-state index is 6.42. The van der Waals surface area contributed by atoms with E-state index in [1.807, 2.05) is 56.3 Å². The minimum Gasteiger partial charge on any atom is -0.491 e. The summed E-state index contributed by atoms with van der Waals surface area (Å²) in [4.78, 5) is 0.